The van der Waals surface area contributed by atoms with Crippen molar-refractivity contribution in [2.45, 2.75) is 63.2 Å². The normalized spacial score (nSPS) is 15.0. The van der Waals surface area contributed by atoms with Gasteiger partial charge in [0.1, 0.15) is 0 Å². The number of para-hydroxylation sites is 2. The minimum absolute atomic E-state index is 0.00809. The van der Waals surface area contributed by atoms with Crippen LogP contribution in [-0.2, 0) is 21.7 Å². The van der Waals surface area contributed by atoms with E-state index in [-0.39, 0.29) is 17.5 Å². The molecule has 19 rings (SSSR count). The third-order valence-electron chi connectivity index (χ3n) is 20.6. The summed E-state index contributed by atoms with van der Waals surface area (Å²) in [7, 11) is 0. The summed E-state index contributed by atoms with van der Waals surface area (Å²) in [4.78, 5) is 2.55. The summed E-state index contributed by atoms with van der Waals surface area (Å²) >= 11 is 0. The van der Waals surface area contributed by atoms with Gasteiger partial charge in [-0.2, -0.15) is 0 Å². The van der Waals surface area contributed by atoms with Crippen LogP contribution in [0.3, 0.4) is 0 Å². The number of aromatic nitrogens is 2. The molecule has 2 aliphatic heterocycles. The monoisotopic (exact) mass is 1070 g/mol. The lowest BCUT2D eigenvalue weighted by Gasteiger charge is -2.36. The Morgan fingerprint density at radius 2 is 0.655 bits per heavy atom. The van der Waals surface area contributed by atoms with Crippen molar-refractivity contribution in [2.75, 3.05) is 4.90 Å². The highest BCUT2D eigenvalue weighted by Crippen LogP contribution is 2.67. The topological polar surface area (TPSA) is 13.1 Å². The van der Waals surface area contributed by atoms with Crippen LogP contribution >= 0.6 is 0 Å². The molecule has 2 spiro atoms. The molecule has 4 aliphatic carbocycles. The van der Waals surface area contributed by atoms with Gasteiger partial charge in [-0.15, -0.1) is 0 Å². The summed E-state index contributed by atoms with van der Waals surface area (Å²) in [6, 6.07) is 94.4. The molecule has 0 bridgehead atoms. The van der Waals surface area contributed by atoms with Crippen molar-refractivity contribution in [3.63, 3.8) is 0 Å². The van der Waals surface area contributed by atoms with E-state index >= 15 is 0 Å². The van der Waals surface area contributed by atoms with Crippen molar-refractivity contribution in [1.29, 1.82) is 0 Å². The molecule has 2 aromatic heterocycles. The second kappa shape index (κ2) is 15.7. The summed E-state index contributed by atoms with van der Waals surface area (Å²) in [5.74, 6) is 0. The lowest BCUT2D eigenvalue weighted by Crippen LogP contribution is -2.59. The molecular weight excluding hydrogens is 1010 g/mol. The minimum atomic E-state index is -0.532. The standard InChI is InChI=1S/C80H58BN3/c1-77(2,3)47-37-41-49(42-38-47)82(50-43-39-48(40-44-50)78(4,5)6)51-45-68-72-69(46-51)84-74-59(71-76(84)57-26-12-18-34-65(57)80(71)62-31-15-9-23-54(62)55-24-10-16-32-63(55)80)28-20-36-67(74)81(72)66-35-19-27-58-70-75(83(68)73(58)66)56-25-11-17-33-64(56)79(70)60-29-13-7-21-52(60)53-22-8-14-30-61(53)79/h7-46H,1-6H3. The van der Waals surface area contributed by atoms with E-state index in [1.165, 1.54) is 150 Å². The van der Waals surface area contributed by atoms with Gasteiger partial charge in [-0.05, 0) is 130 Å². The lowest BCUT2D eigenvalue weighted by atomic mass is 9.34. The average molecular weight is 1070 g/mol. The molecule has 0 radical (unpaired) electrons. The number of hydrogen-bond donors (Lipinski definition) is 0. The maximum atomic E-state index is 2.76. The van der Waals surface area contributed by atoms with Gasteiger partial charge < -0.3 is 14.0 Å². The fraction of sp³-hybridized carbons (Fsp3) is 0.125. The summed E-state index contributed by atoms with van der Waals surface area (Å²) in [6.45, 7) is 13.8. The van der Waals surface area contributed by atoms with E-state index < -0.39 is 10.8 Å². The zero-order valence-corrected chi connectivity index (χ0v) is 48.0. The van der Waals surface area contributed by atoms with Crippen molar-refractivity contribution >= 4 is 62.0 Å². The molecule has 0 atom stereocenters. The molecule has 0 amide bonds. The quantitative estimate of drug-likeness (QED) is 0.161. The van der Waals surface area contributed by atoms with E-state index in [0.717, 1.165) is 17.1 Å². The number of anilines is 3. The van der Waals surface area contributed by atoms with E-state index in [1.807, 2.05) is 0 Å². The number of nitrogens with zero attached hydrogens (tertiary/aromatic N) is 3. The fourth-order valence-electron chi connectivity index (χ4n) is 17.4. The zero-order valence-electron chi connectivity index (χ0n) is 48.0. The molecule has 0 saturated heterocycles. The van der Waals surface area contributed by atoms with Crippen LogP contribution in [0.4, 0.5) is 17.1 Å². The van der Waals surface area contributed by atoms with E-state index in [2.05, 4.69) is 298 Å². The number of benzene rings is 11. The maximum Gasteiger partial charge on any atom is 0.252 e. The van der Waals surface area contributed by atoms with Gasteiger partial charge in [0.2, 0.25) is 0 Å². The molecule has 4 heterocycles. The van der Waals surface area contributed by atoms with E-state index in [0.29, 0.717) is 0 Å². The zero-order chi connectivity index (χ0) is 55.9. The smallest absolute Gasteiger partial charge is 0.252 e. The molecular formula is C80H58BN3. The molecule has 84 heavy (non-hydrogen) atoms. The van der Waals surface area contributed by atoms with E-state index in [9.17, 15) is 0 Å². The Balaban J connectivity index is 0.991. The SMILES string of the molecule is CC(C)(C)c1ccc(N(c2ccc(C(C)(C)C)cc2)c2cc3c4c(c2)-n2c5c(c6cccc(c62)B4c2cccc4c6c(n-3c24)-c2ccccc2C62c3ccccc3-c3ccccc32)C2(c3ccccc3-c3ccccc32)c2ccccc2-5)cc1. The Morgan fingerprint density at radius 3 is 1.00 bits per heavy atom. The second-order valence-electron chi connectivity index (χ2n) is 26.6. The van der Waals surface area contributed by atoms with Crippen LogP contribution in [0.15, 0.2) is 243 Å². The number of fused-ring (bicyclic) bond motifs is 28. The molecule has 396 valence electrons. The van der Waals surface area contributed by atoms with Crippen molar-refractivity contribution in [3.8, 4) is 56.1 Å². The van der Waals surface area contributed by atoms with E-state index in [1.54, 1.807) is 0 Å². The third-order valence-corrected chi connectivity index (χ3v) is 20.6. The molecule has 0 saturated carbocycles. The highest BCUT2D eigenvalue weighted by Gasteiger charge is 2.58. The second-order valence-corrected chi connectivity index (χ2v) is 26.6. The lowest BCUT2D eigenvalue weighted by molar-refractivity contribution is 0.590. The van der Waals surface area contributed by atoms with Crippen LogP contribution in [0, 0.1) is 0 Å². The Bertz CT molecular complexity index is 4700. The fourth-order valence-corrected chi connectivity index (χ4v) is 17.4. The Hall–Kier alpha value is -9.64. The first kappa shape index (κ1) is 46.9. The van der Waals surface area contributed by atoms with Gasteiger partial charge in [0.05, 0.1) is 27.9 Å². The summed E-state index contributed by atoms with van der Waals surface area (Å²) in [5.41, 5.74) is 35.4. The van der Waals surface area contributed by atoms with E-state index in [4.69, 9.17) is 0 Å². The van der Waals surface area contributed by atoms with Crippen molar-refractivity contribution in [1.82, 2.24) is 9.13 Å². The summed E-state index contributed by atoms with van der Waals surface area (Å²) in [5, 5.41) is 2.63. The summed E-state index contributed by atoms with van der Waals surface area (Å²) < 4.78 is 5.51. The molecule has 3 nitrogen and oxygen atoms in total. The highest BCUT2D eigenvalue weighted by molar-refractivity contribution is 7.00. The van der Waals surface area contributed by atoms with Crippen LogP contribution in [-0.4, -0.2) is 15.8 Å². The Labute approximate surface area is 490 Å². The molecule has 0 fully saturated rings. The van der Waals surface area contributed by atoms with Gasteiger partial charge in [0.25, 0.3) is 6.71 Å². The molecule has 6 aliphatic rings. The number of rotatable bonds is 3. The third kappa shape index (κ3) is 5.44. The van der Waals surface area contributed by atoms with Gasteiger partial charge in [-0.1, -0.05) is 248 Å². The van der Waals surface area contributed by atoms with Crippen molar-refractivity contribution in [3.05, 3.63) is 298 Å². The van der Waals surface area contributed by atoms with Crippen LogP contribution in [0.1, 0.15) is 97.2 Å². The Morgan fingerprint density at radius 1 is 0.333 bits per heavy atom. The van der Waals surface area contributed by atoms with Crippen LogP contribution in [0.25, 0.3) is 77.9 Å². The van der Waals surface area contributed by atoms with Gasteiger partial charge >= 0.3 is 0 Å². The summed E-state index contributed by atoms with van der Waals surface area (Å²) in [6.07, 6.45) is 0. The predicted molar refractivity (Wildman–Crippen MR) is 349 cm³/mol. The first-order valence-electron chi connectivity index (χ1n) is 30.1. The highest BCUT2D eigenvalue weighted by atomic mass is 15.2. The first-order chi connectivity index (χ1) is 41.0. The van der Waals surface area contributed by atoms with Crippen LogP contribution in [0.2, 0.25) is 0 Å². The minimum Gasteiger partial charge on any atom is -0.310 e. The molecule has 0 N–H and O–H groups in total. The average Bonchev–Trinajstić information content (AvgIpc) is 1.48. The maximum absolute atomic E-state index is 2.76. The van der Waals surface area contributed by atoms with Gasteiger partial charge in [-0.3, -0.25) is 0 Å². The van der Waals surface area contributed by atoms with Gasteiger partial charge in [0.15, 0.2) is 0 Å². The van der Waals surface area contributed by atoms with Crippen LogP contribution in [0.5, 0.6) is 0 Å². The van der Waals surface area contributed by atoms with Crippen molar-refractivity contribution in [2.24, 2.45) is 0 Å². The van der Waals surface area contributed by atoms with Crippen LogP contribution < -0.4 is 21.3 Å². The molecule has 4 heteroatoms. The molecule has 0 unspecified atom stereocenters. The first-order valence-corrected chi connectivity index (χ1v) is 30.1. The Kier molecular flexibility index (Phi) is 8.78. The largest absolute Gasteiger partial charge is 0.310 e. The number of hydrogen-bond acceptors (Lipinski definition) is 1. The van der Waals surface area contributed by atoms with Crippen molar-refractivity contribution < 1.29 is 0 Å². The molecule has 13 aromatic rings. The van der Waals surface area contributed by atoms with Gasteiger partial charge in [-0.25, -0.2) is 0 Å². The van der Waals surface area contributed by atoms with Gasteiger partial charge in [0, 0.05) is 66.8 Å². The molecule has 11 aromatic carbocycles. The predicted octanol–water partition coefficient (Wildman–Crippen LogP) is 17.5.